The Bertz CT molecular complexity index is 930. The molecule has 10 heteroatoms. The van der Waals surface area contributed by atoms with Gasteiger partial charge < -0.3 is 10.6 Å². The molecule has 1 unspecified atom stereocenters. The highest BCUT2D eigenvalue weighted by molar-refractivity contribution is 7.91. The van der Waals surface area contributed by atoms with Crippen LogP contribution in [0.5, 0.6) is 0 Å². The van der Waals surface area contributed by atoms with Gasteiger partial charge in [-0.25, -0.2) is 13.2 Å². The van der Waals surface area contributed by atoms with Crippen molar-refractivity contribution in [2.75, 3.05) is 28.7 Å². The SMILES string of the molecule is CC(C)CN(C(=O)C1CCS(=O)(=O)C1)c1c(N)n(CC(C)C)c(=O)[nH]c1=O. The van der Waals surface area contributed by atoms with E-state index in [1.165, 1.54) is 9.47 Å². The molecule has 1 fully saturated rings. The normalized spacial score (nSPS) is 19.0. The van der Waals surface area contributed by atoms with Gasteiger partial charge >= 0.3 is 5.69 Å². The van der Waals surface area contributed by atoms with E-state index in [9.17, 15) is 22.8 Å². The molecule has 0 radical (unpaired) electrons. The van der Waals surface area contributed by atoms with Crippen molar-refractivity contribution in [2.45, 2.75) is 40.7 Å². The van der Waals surface area contributed by atoms with Crippen LogP contribution >= 0.6 is 0 Å². The molecule has 0 spiro atoms. The van der Waals surface area contributed by atoms with Crippen LogP contribution in [0.15, 0.2) is 9.59 Å². The summed E-state index contributed by atoms with van der Waals surface area (Å²) in [5.41, 5.74) is 4.67. The van der Waals surface area contributed by atoms with E-state index in [0.29, 0.717) is 0 Å². The summed E-state index contributed by atoms with van der Waals surface area (Å²) in [6, 6.07) is 0. The van der Waals surface area contributed by atoms with Crippen LogP contribution < -0.4 is 21.9 Å². The number of carbonyl (C=O) groups is 1. The molecular weight excluding hydrogens is 372 g/mol. The van der Waals surface area contributed by atoms with E-state index in [-0.39, 0.29) is 54.4 Å². The number of anilines is 2. The predicted molar refractivity (Wildman–Crippen MR) is 105 cm³/mol. The number of sulfone groups is 1. The van der Waals surface area contributed by atoms with Crippen LogP contribution in [0, 0.1) is 17.8 Å². The molecule has 0 aliphatic carbocycles. The highest BCUT2D eigenvalue weighted by atomic mass is 32.2. The van der Waals surface area contributed by atoms with Crippen LogP contribution in [0.2, 0.25) is 0 Å². The van der Waals surface area contributed by atoms with Crippen LogP contribution in [0.4, 0.5) is 11.5 Å². The van der Waals surface area contributed by atoms with Gasteiger partial charge in [0.05, 0.1) is 17.4 Å². The van der Waals surface area contributed by atoms with Gasteiger partial charge in [0.2, 0.25) is 5.91 Å². The zero-order chi connectivity index (χ0) is 20.5. The van der Waals surface area contributed by atoms with Gasteiger partial charge in [0, 0.05) is 13.1 Å². The monoisotopic (exact) mass is 400 g/mol. The van der Waals surface area contributed by atoms with Gasteiger partial charge in [-0.3, -0.25) is 19.1 Å². The Kier molecular flexibility index (Phi) is 6.18. The number of hydrogen-bond donors (Lipinski definition) is 2. The molecule has 0 saturated carbocycles. The first-order chi connectivity index (χ1) is 12.4. The Balaban J connectivity index is 2.55. The molecule has 1 aliphatic heterocycles. The van der Waals surface area contributed by atoms with Crippen molar-refractivity contribution in [1.29, 1.82) is 0 Å². The number of nitrogen functional groups attached to an aromatic ring is 1. The van der Waals surface area contributed by atoms with E-state index in [1.54, 1.807) is 0 Å². The van der Waals surface area contributed by atoms with Crippen molar-refractivity contribution in [2.24, 2.45) is 17.8 Å². The molecule has 0 bridgehead atoms. The fourth-order valence-corrected chi connectivity index (χ4v) is 4.98. The van der Waals surface area contributed by atoms with Gasteiger partial charge in [-0.2, -0.15) is 0 Å². The number of carbonyl (C=O) groups excluding carboxylic acids is 1. The molecule has 1 aromatic heterocycles. The first-order valence-corrected chi connectivity index (χ1v) is 10.9. The van der Waals surface area contributed by atoms with E-state index >= 15 is 0 Å². The molecule has 1 saturated heterocycles. The summed E-state index contributed by atoms with van der Waals surface area (Å²) in [6.07, 6.45) is 0.221. The van der Waals surface area contributed by atoms with Crippen molar-refractivity contribution < 1.29 is 13.2 Å². The van der Waals surface area contributed by atoms with Gasteiger partial charge in [0.25, 0.3) is 5.56 Å². The molecule has 27 heavy (non-hydrogen) atoms. The van der Waals surface area contributed by atoms with Crippen molar-refractivity contribution in [3.05, 3.63) is 20.8 Å². The topological polar surface area (TPSA) is 135 Å². The second-order valence-corrected chi connectivity index (χ2v) is 10.2. The Morgan fingerprint density at radius 1 is 1.26 bits per heavy atom. The van der Waals surface area contributed by atoms with Crippen molar-refractivity contribution >= 4 is 27.2 Å². The van der Waals surface area contributed by atoms with Crippen molar-refractivity contribution in [3.8, 4) is 0 Å². The maximum atomic E-state index is 13.1. The lowest BCUT2D eigenvalue weighted by Gasteiger charge is -2.28. The third-order valence-corrected chi connectivity index (χ3v) is 6.20. The zero-order valence-corrected chi connectivity index (χ0v) is 17.0. The maximum Gasteiger partial charge on any atom is 0.330 e. The van der Waals surface area contributed by atoms with E-state index in [4.69, 9.17) is 5.73 Å². The fraction of sp³-hybridized carbons (Fsp3) is 0.706. The van der Waals surface area contributed by atoms with Crippen LogP contribution in [0.25, 0.3) is 0 Å². The number of H-pyrrole nitrogens is 1. The van der Waals surface area contributed by atoms with Gasteiger partial charge in [0.15, 0.2) is 15.5 Å². The molecule has 152 valence electrons. The largest absolute Gasteiger partial charge is 0.383 e. The third-order valence-electron chi connectivity index (χ3n) is 4.43. The van der Waals surface area contributed by atoms with Gasteiger partial charge in [-0.15, -0.1) is 0 Å². The predicted octanol–water partition coefficient (Wildman–Crippen LogP) is 0.199. The molecular formula is C17H28N4O5S. The Morgan fingerprint density at radius 2 is 1.89 bits per heavy atom. The smallest absolute Gasteiger partial charge is 0.330 e. The van der Waals surface area contributed by atoms with E-state index < -0.39 is 32.9 Å². The van der Waals surface area contributed by atoms with Crippen LogP contribution in [-0.2, 0) is 21.2 Å². The summed E-state index contributed by atoms with van der Waals surface area (Å²) < 4.78 is 24.8. The second kappa shape index (κ2) is 7.87. The first-order valence-electron chi connectivity index (χ1n) is 9.07. The molecule has 3 N–H and O–H groups in total. The summed E-state index contributed by atoms with van der Waals surface area (Å²) in [5, 5.41) is 0. The van der Waals surface area contributed by atoms with E-state index in [0.717, 1.165) is 0 Å². The molecule has 2 rings (SSSR count). The van der Waals surface area contributed by atoms with Gasteiger partial charge in [-0.05, 0) is 18.3 Å². The number of hydrogen-bond acceptors (Lipinski definition) is 6. The number of rotatable bonds is 6. The Morgan fingerprint density at radius 3 is 2.37 bits per heavy atom. The minimum absolute atomic E-state index is 0.0104. The lowest BCUT2D eigenvalue weighted by Crippen LogP contribution is -2.45. The molecule has 1 amide bonds. The molecule has 1 aromatic rings. The first kappa shape index (κ1) is 21.2. The van der Waals surface area contributed by atoms with Crippen LogP contribution in [-0.4, -0.2) is 41.9 Å². The zero-order valence-electron chi connectivity index (χ0n) is 16.2. The Hall–Kier alpha value is -2.10. The Labute approximate surface area is 158 Å². The van der Waals surface area contributed by atoms with Crippen LogP contribution in [0.3, 0.4) is 0 Å². The lowest BCUT2D eigenvalue weighted by molar-refractivity contribution is -0.121. The minimum Gasteiger partial charge on any atom is -0.383 e. The van der Waals surface area contributed by atoms with Gasteiger partial charge in [-0.1, -0.05) is 27.7 Å². The summed E-state index contributed by atoms with van der Waals surface area (Å²) in [6.45, 7) is 8.03. The molecule has 1 aliphatic rings. The van der Waals surface area contributed by atoms with E-state index in [2.05, 4.69) is 4.98 Å². The summed E-state index contributed by atoms with van der Waals surface area (Å²) in [5.74, 6) is -1.40. The number of amides is 1. The number of nitrogens with zero attached hydrogens (tertiary/aromatic N) is 2. The summed E-state index contributed by atoms with van der Waals surface area (Å²) in [7, 11) is -3.26. The molecule has 2 heterocycles. The lowest BCUT2D eigenvalue weighted by atomic mass is 10.1. The molecule has 9 nitrogen and oxygen atoms in total. The summed E-state index contributed by atoms with van der Waals surface area (Å²) in [4.78, 5) is 41.2. The third kappa shape index (κ3) is 4.79. The van der Waals surface area contributed by atoms with Crippen LogP contribution in [0.1, 0.15) is 34.1 Å². The van der Waals surface area contributed by atoms with Crippen molar-refractivity contribution in [3.63, 3.8) is 0 Å². The van der Waals surface area contributed by atoms with Crippen molar-refractivity contribution in [1.82, 2.24) is 9.55 Å². The second-order valence-electron chi connectivity index (χ2n) is 7.94. The highest BCUT2D eigenvalue weighted by Crippen LogP contribution is 2.26. The number of nitrogens with two attached hydrogens (primary N) is 1. The maximum absolute atomic E-state index is 13.1. The number of aromatic amines is 1. The number of aromatic nitrogens is 2. The highest BCUT2D eigenvalue weighted by Gasteiger charge is 2.37. The number of nitrogens with one attached hydrogen (secondary N) is 1. The summed E-state index contributed by atoms with van der Waals surface area (Å²) >= 11 is 0. The fourth-order valence-electron chi connectivity index (χ4n) is 3.25. The minimum atomic E-state index is -3.26. The molecule has 0 aromatic carbocycles. The van der Waals surface area contributed by atoms with Gasteiger partial charge in [0.1, 0.15) is 5.82 Å². The average Bonchev–Trinajstić information content (AvgIpc) is 2.89. The average molecular weight is 401 g/mol. The quantitative estimate of drug-likeness (QED) is 0.700. The standard InChI is InChI=1S/C17H28N4O5S/c1-10(2)7-20(16(23)12-5-6-27(25,26)9-12)13-14(18)21(8-11(3)4)17(24)19-15(13)22/h10-12H,5-9,18H2,1-4H3,(H,19,22,24). The molecule has 1 atom stereocenters. The van der Waals surface area contributed by atoms with E-state index in [1.807, 2.05) is 27.7 Å².